The maximum atomic E-state index is 11.9. The molecule has 0 bridgehead atoms. The van der Waals surface area contributed by atoms with Crippen LogP contribution in [0.4, 0.5) is 0 Å². The fourth-order valence-electron chi connectivity index (χ4n) is 2.05. The first kappa shape index (κ1) is 20.6. The Kier molecular flexibility index (Phi) is 10.0. The SMILES string of the molecule is CCNS(=O)c1ccc(CCS(OCC)(OCC)OCC)cc1. The molecule has 0 aliphatic carbocycles. The first-order valence-corrected chi connectivity index (χ1v) is 10.8. The van der Waals surface area contributed by atoms with Gasteiger partial charge in [-0.1, -0.05) is 19.1 Å². The van der Waals surface area contributed by atoms with Crippen LogP contribution in [-0.2, 0) is 30.0 Å². The summed E-state index contributed by atoms with van der Waals surface area (Å²) in [4.78, 5) is 0.786. The quantitative estimate of drug-likeness (QED) is 0.617. The summed E-state index contributed by atoms with van der Waals surface area (Å²) in [6.45, 7) is 10.2. The molecule has 1 rings (SSSR count). The predicted octanol–water partition coefficient (Wildman–Crippen LogP) is 3.52. The summed E-state index contributed by atoms with van der Waals surface area (Å²) in [5, 5.41) is 0. The second-order valence-electron chi connectivity index (χ2n) is 4.64. The van der Waals surface area contributed by atoms with E-state index in [0.29, 0.717) is 32.1 Å². The average molecular weight is 364 g/mol. The van der Waals surface area contributed by atoms with Crippen LogP contribution in [0.15, 0.2) is 29.2 Å². The molecular formula is C16H29NO4S2. The fourth-order valence-corrected chi connectivity index (χ4v) is 4.99. The molecule has 0 aromatic heterocycles. The average Bonchev–Trinajstić information content (AvgIpc) is 2.54. The van der Waals surface area contributed by atoms with Gasteiger partial charge in [0.2, 0.25) is 0 Å². The van der Waals surface area contributed by atoms with Crippen LogP contribution in [0, 0.1) is 0 Å². The van der Waals surface area contributed by atoms with Gasteiger partial charge in [-0.25, -0.2) is 8.93 Å². The summed E-state index contributed by atoms with van der Waals surface area (Å²) < 4.78 is 32.2. The monoisotopic (exact) mass is 363 g/mol. The molecule has 23 heavy (non-hydrogen) atoms. The lowest BCUT2D eigenvalue weighted by Gasteiger charge is -2.36. The number of benzene rings is 1. The van der Waals surface area contributed by atoms with Crippen LogP contribution < -0.4 is 4.72 Å². The maximum absolute atomic E-state index is 11.9. The first-order valence-electron chi connectivity index (χ1n) is 8.09. The minimum atomic E-state index is -1.95. The minimum Gasteiger partial charge on any atom is -0.293 e. The highest BCUT2D eigenvalue weighted by molar-refractivity contribution is 8.21. The lowest BCUT2D eigenvalue weighted by Crippen LogP contribution is -2.18. The largest absolute Gasteiger partial charge is 0.293 e. The Morgan fingerprint density at radius 2 is 1.48 bits per heavy atom. The van der Waals surface area contributed by atoms with E-state index in [2.05, 4.69) is 4.72 Å². The molecule has 1 unspecified atom stereocenters. The summed E-state index contributed by atoms with van der Waals surface area (Å²) in [7, 11) is -3.09. The van der Waals surface area contributed by atoms with Crippen LogP contribution >= 0.6 is 10.9 Å². The summed E-state index contributed by atoms with van der Waals surface area (Å²) in [6.07, 6.45) is 0.795. The van der Waals surface area contributed by atoms with Gasteiger partial charge < -0.3 is 0 Å². The molecule has 0 saturated carbocycles. The second-order valence-corrected chi connectivity index (χ2v) is 8.17. The van der Waals surface area contributed by atoms with Gasteiger partial charge in [0.05, 0.1) is 41.3 Å². The van der Waals surface area contributed by atoms with E-state index in [1.807, 2.05) is 52.0 Å². The van der Waals surface area contributed by atoms with Gasteiger partial charge >= 0.3 is 0 Å². The smallest absolute Gasteiger partial charge is 0.124 e. The molecule has 134 valence electrons. The molecule has 1 N–H and O–H groups in total. The molecule has 0 aliphatic rings. The topological polar surface area (TPSA) is 56.8 Å². The Balaban J connectivity index is 2.71. The van der Waals surface area contributed by atoms with E-state index < -0.39 is 21.9 Å². The van der Waals surface area contributed by atoms with Crippen LogP contribution in [0.25, 0.3) is 0 Å². The third kappa shape index (κ3) is 6.91. The number of nitrogens with one attached hydrogen (secondary N) is 1. The summed E-state index contributed by atoms with van der Waals surface area (Å²) in [5.41, 5.74) is 1.15. The highest BCUT2D eigenvalue weighted by Gasteiger charge is 2.26. The molecule has 1 atom stereocenters. The van der Waals surface area contributed by atoms with Gasteiger partial charge in [-0.05, 0) is 44.9 Å². The molecule has 1 aromatic rings. The molecule has 1 aromatic carbocycles. The lowest BCUT2D eigenvalue weighted by molar-refractivity contribution is 0.185. The predicted molar refractivity (Wildman–Crippen MR) is 97.6 cm³/mol. The van der Waals surface area contributed by atoms with Gasteiger partial charge in [0.15, 0.2) is 0 Å². The number of hydrogen-bond acceptors (Lipinski definition) is 4. The van der Waals surface area contributed by atoms with Crippen LogP contribution in [0.2, 0.25) is 0 Å². The highest BCUT2D eigenvalue weighted by Crippen LogP contribution is 2.51. The van der Waals surface area contributed by atoms with Crippen molar-refractivity contribution < 1.29 is 16.8 Å². The van der Waals surface area contributed by atoms with Crippen molar-refractivity contribution in [3.63, 3.8) is 0 Å². The Morgan fingerprint density at radius 1 is 0.957 bits per heavy atom. The highest BCUT2D eigenvalue weighted by atomic mass is 32.3. The molecule has 0 radical (unpaired) electrons. The minimum absolute atomic E-state index is 0.565. The van der Waals surface area contributed by atoms with Crippen LogP contribution in [-0.4, -0.2) is 36.3 Å². The Morgan fingerprint density at radius 3 is 1.91 bits per heavy atom. The van der Waals surface area contributed by atoms with Crippen LogP contribution in [0.1, 0.15) is 33.3 Å². The lowest BCUT2D eigenvalue weighted by atomic mass is 10.2. The van der Waals surface area contributed by atoms with Gasteiger partial charge in [-0.2, -0.15) is 0 Å². The first-order chi connectivity index (χ1) is 11.1. The third-order valence-electron chi connectivity index (χ3n) is 2.95. The van der Waals surface area contributed by atoms with Crippen molar-refractivity contribution >= 4 is 21.9 Å². The molecule has 0 spiro atoms. The Labute approximate surface area is 144 Å². The molecular weight excluding hydrogens is 334 g/mol. The van der Waals surface area contributed by atoms with E-state index in [4.69, 9.17) is 12.5 Å². The van der Waals surface area contributed by atoms with Crippen molar-refractivity contribution in [1.29, 1.82) is 0 Å². The van der Waals surface area contributed by atoms with Crippen molar-refractivity contribution in [2.24, 2.45) is 0 Å². The molecule has 0 heterocycles. The number of aryl methyl sites for hydroxylation is 1. The number of rotatable bonds is 12. The zero-order valence-electron chi connectivity index (χ0n) is 14.5. The van der Waals surface area contributed by atoms with Gasteiger partial charge in [0, 0.05) is 6.54 Å². The summed E-state index contributed by atoms with van der Waals surface area (Å²) in [6, 6.07) is 7.79. The Hall–Kier alpha value is -0.440. The van der Waals surface area contributed by atoms with Gasteiger partial charge in [-0.3, -0.25) is 12.5 Å². The van der Waals surface area contributed by atoms with Gasteiger partial charge in [0.1, 0.15) is 11.0 Å². The molecule has 0 aliphatic heterocycles. The maximum Gasteiger partial charge on any atom is 0.124 e. The molecule has 0 amide bonds. The van der Waals surface area contributed by atoms with Crippen molar-refractivity contribution in [2.45, 2.75) is 39.0 Å². The van der Waals surface area contributed by atoms with E-state index in [-0.39, 0.29) is 0 Å². The molecule has 7 heteroatoms. The fraction of sp³-hybridized carbons (Fsp3) is 0.625. The van der Waals surface area contributed by atoms with Crippen molar-refractivity contribution in [1.82, 2.24) is 4.72 Å². The summed E-state index contributed by atoms with van der Waals surface area (Å²) in [5.74, 6) is 0.693. The molecule has 0 fully saturated rings. The van der Waals surface area contributed by atoms with E-state index in [1.54, 1.807) is 0 Å². The van der Waals surface area contributed by atoms with Crippen molar-refractivity contribution in [3.05, 3.63) is 29.8 Å². The van der Waals surface area contributed by atoms with Gasteiger partial charge in [0.25, 0.3) is 0 Å². The standard InChI is InChI=1S/C16H29NO4S2/c1-5-17-22(18)16-11-9-15(10-12-16)13-14-23(19-6-2,20-7-3)21-8-4/h9-12,17H,5-8,13-14H2,1-4H3. The van der Waals surface area contributed by atoms with E-state index in [1.165, 1.54) is 0 Å². The van der Waals surface area contributed by atoms with Crippen LogP contribution in [0.5, 0.6) is 0 Å². The van der Waals surface area contributed by atoms with Gasteiger partial charge in [-0.15, -0.1) is 0 Å². The van der Waals surface area contributed by atoms with E-state index in [0.717, 1.165) is 16.9 Å². The zero-order valence-corrected chi connectivity index (χ0v) is 16.1. The Bertz CT molecular complexity index is 451. The van der Waals surface area contributed by atoms with E-state index >= 15 is 0 Å². The molecule has 0 saturated heterocycles. The number of hydrogen-bond donors (Lipinski definition) is 1. The normalized spacial score (nSPS) is 13.9. The van der Waals surface area contributed by atoms with Crippen LogP contribution in [0.3, 0.4) is 0 Å². The second kappa shape index (κ2) is 11.2. The summed E-state index contributed by atoms with van der Waals surface area (Å²) >= 11 is 0. The van der Waals surface area contributed by atoms with Crippen molar-refractivity contribution in [3.8, 4) is 0 Å². The van der Waals surface area contributed by atoms with Crippen molar-refractivity contribution in [2.75, 3.05) is 32.1 Å². The zero-order chi connectivity index (χ0) is 17.1. The third-order valence-corrected chi connectivity index (χ3v) is 6.69. The molecule has 5 nitrogen and oxygen atoms in total. The van der Waals surface area contributed by atoms with E-state index in [9.17, 15) is 4.21 Å².